The molecule has 0 fully saturated rings. The predicted molar refractivity (Wildman–Crippen MR) is 183 cm³/mol. The number of fused-ring (bicyclic) bond motifs is 1. The Labute approximate surface area is 306 Å². The molecule has 0 aliphatic rings. The highest BCUT2D eigenvalue weighted by molar-refractivity contribution is 7.94. The van der Waals surface area contributed by atoms with Crippen LogP contribution < -0.4 is 5.73 Å². The Hall–Kier alpha value is -3.55. The van der Waals surface area contributed by atoms with Crippen molar-refractivity contribution in [1.29, 1.82) is 0 Å². The predicted octanol–water partition coefficient (Wildman–Crippen LogP) is 6.94. The van der Waals surface area contributed by atoms with Crippen molar-refractivity contribution in [3.63, 3.8) is 0 Å². The lowest BCUT2D eigenvalue weighted by molar-refractivity contribution is -0.434. The van der Waals surface area contributed by atoms with Crippen LogP contribution in [0.1, 0.15) is 0 Å². The molecule has 26 heteroatoms. The third-order valence-corrected chi connectivity index (χ3v) is 11.1. The average molecular weight is 824 g/mol. The Morgan fingerprint density at radius 2 is 1.15 bits per heavy atom. The van der Waals surface area contributed by atoms with Crippen LogP contribution in [0.5, 0.6) is 5.75 Å². The number of azo groups is 2. The fourth-order valence-corrected chi connectivity index (χ4v) is 7.47. The molecule has 280 valence electrons. The smallest absolute Gasteiger partial charge is 0.197 e. The minimum absolute atomic E-state index is 0.0294. The van der Waals surface area contributed by atoms with Gasteiger partial charge in [0.2, 0.25) is 0 Å². The van der Waals surface area contributed by atoms with Crippen LogP contribution in [0.15, 0.2) is 102 Å². The summed E-state index contributed by atoms with van der Waals surface area (Å²) in [4.78, 5) is -0.180. The SMILES string of the molecule is Nc1ccc2c(O)c(/N=N/c3cccc(S(=O)(=O)CCOSOOO)c3)c(SOOO)cc2c1/N=N/c1cccc(S(=O)(=O)CCOSOOO)c1. The third kappa shape index (κ3) is 11.5. The summed E-state index contributed by atoms with van der Waals surface area (Å²) in [6, 6.07) is 15.3. The molecule has 0 spiro atoms. The number of hydrogen-bond acceptors (Lipinski definition) is 24. The van der Waals surface area contributed by atoms with Crippen molar-refractivity contribution in [2.75, 3.05) is 30.5 Å². The number of phenols is 1. The van der Waals surface area contributed by atoms with E-state index in [4.69, 9.17) is 29.9 Å². The molecule has 0 atom stereocenters. The minimum atomic E-state index is -3.86. The van der Waals surface area contributed by atoms with Crippen LogP contribution in [0, 0.1) is 0 Å². The number of benzene rings is 4. The molecule has 0 saturated heterocycles. The number of phenolic OH excluding ortho intramolecular Hbond substituents is 1. The van der Waals surface area contributed by atoms with Crippen molar-refractivity contribution >= 4 is 95.6 Å². The molecule has 0 radical (unpaired) electrons. The summed E-state index contributed by atoms with van der Waals surface area (Å²) in [5.41, 5.74) is 6.41. The van der Waals surface area contributed by atoms with E-state index in [1.54, 1.807) is 0 Å². The topological polar surface area (TPSA) is 298 Å². The summed E-state index contributed by atoms with van der Waals surface area (Å²) in [6.45, 7) is -0.605. The number of anilines is 1. The van der Waals surface area contributed by atoms with Gasteiger partial charge in [-0.05, 0) is 54.6 Å². The second kappa shape index (κ2) is 20.1. The molecule has 0 unspecified atom stereocenters. The number of aromatic hydroxyl groups is 1. The van der Waals surface area contributed by atoms with E-state index in [9.17, 15) is 21.9 Å². The number of hydrogen-bond donors (Lipinski definition) is 5. The van der Waals surface area contributed by atoms with E-state index in [1.165, 1.54) is 66.7 Å². The van der Waals surface area contributed by atoms with E-state index in [0.717, 1.165) is 0 Å². The van der Waals surface area contributed by atoms with Crippen molar-refractivity contribution < 1.29 is 74.2 Å². The van der Waals surface area contributed by atoms with Gasteiger partial charge in [-0.1, -0.05) is 27.2 Å². The van der Waals surface area contributed by atoms with Gasteiger partial charge in [0.25, 0.3) is 0 Å². The van der Waals surface area contributed by atoms with E-state index in [0.29, 0.717) is 12.0 Å². The summed E-state index contributed by atoms with van der Waals surface area (Å²) in [5, 5.41) is 63.6. The van der Waals surface area contributed by atoms with Gasteiger partial charge < -0.3 is 10.8 Å². The van der Waals surface area contributed by atoms with Crippen molar-refractivity contribution in [2.24, 2.45) is 20.5 Å². The van der Waals surface area contributed by atoms with Crippen LogP contribution >= 0.6 is 36.7 Å². The first-order valence-corrected chi connectivity index (χ1v) is 19.1. The second-order valence-corrected chi connectivity index (χ2v) is 15.5. The van der Waals surface area contributed by atoms with Gasteiger partial charge in [-0.25, -0.2) is 32.6 Å². The van der Waals surface area contributed by atoms with Gasteiger partial charge in [0.1, 0.15) is 11.4 Å². The first kappa shape index (κ1) is 41.2. The Kier molecular flexibility index (Phi) is 15.9. The number of rotatable bonds is 21. The van der Waals surface area contributed by atoms with E-state index in [2.05, 4.69) is 48.6 Å². The zero-order valence-corrected chi connectivity index (χ0v) is 29.9. The Morgan fingerprint density at radius 1 is 0.635 bits per heavy atom. The highest BCUT2D eigenvalue weighted by Gasteiger charge is 2.20. The average Bonchev–Trinajstić information content (AvgIpc) is 3.13. The molecular weight excluding hydrogens is 799 g/mol. The zero-order chi connectivity index (χ0) is 37.6. The van der Waals surface area contributed by atoms with Crippen molar-refractivity contribution in [2.45, 2.75) is 14.7 Å². The normalized spacial score (nSPS) is 12.4. The van der Waals surface area contributed by atoms with Gasteiger partial charge in [-0.3, -0.25) is 8.37 Å². The summed E-state index contributed by atoms with van der Waals surface area (Å²) in [5.74, 6) is -1.34. The van der Waals surface area contributed by atoms with Gasteiger partial charge in [-0.15, -0.1) is 23.2 Å². The lowest BCUT2D eigenvalue weighted by Crippen LogP contribution is -2.11. The monoisotopic (exact) mass is 823 g/mol. The summed E-state index contributed by atoms with van der Waals surface area (Å²) in [7, 11) is -7.70. The quantitative estimate of drug-likeness (QED) is 0.0142. The maximum Gasteiger partial charge on any atom is 0.197 e. The minimum Gasteiger partial charge on any atom is -0.505 e. The lowest BCUT2D eigenvalue weighted by Gasteiger charge is -2.12. The van der Waals surface area contributed by atoms with E-state index >= 15 is 0 Å². The summed E-state index contributed by atoms with van der Waals surface area (Å²) < 4.78 is 73.3. The molecule has 4 aromatic carbocycles. The van der Waals surface area contributed by atoms with Crippen molar-refractivity contribution in [3.8, 4) is 5.75 Å². The number of nitrogens with two attached hydrogens (primary N) is 1. The van der Waals surface area contributed by atoms with Crippen LogP contribution in [0.25, 0.3) is 10.8 Å². The van der Waals surface area contributed by atoms with Gasteiger partial charge in [0, 0.05) is 10.8 Å². The largest absolute Gasteiger partial charge is 0.505 e. The maximum absolute atomic E-state index is 12.7. The Balaban J connectivity index is 1.64. The lowest BCUT2D eigenvalue weighted by atomic mass is 10.1. The van der Waals surface area contributed by atoms with Crippen LogP contribution in [-0.2, 0) is 56.2 Å². The van der Waals surface area contributed by atoms with Crippen LogP contribution in [0.3, 0.4) is 0 Å². The van der Waals surface area contributed by atoms with Crippen LogP contribution in [0.4, 0.5) is 28.4 Å². The summed E-state index contributed by atoms with van der Waals surface area (Å²) >= 11 is 0.897. The first-order chi connectivity index (χ1) is 25.0. The van der Waals surface area contributed by atoms with E-state index in [-0.39, 0.29) is 91.8 Å². The van der Waals surface area contributed by atoms with Gasteiger partial charge in [0.05, 0.1) is 68.5 Å². The van der Waals surface area contributed by atoms with Crippen molar-refractivity contribution in [1.82, 2.24) is 0 Å². The molecule has 0 heterocycles. The van der Waals surface area contributed by atoms with Gasteiger partial charge in [-0.2, -0.15) is 10.2 Å². The highest BCUT2D eigenvalue weighted by atomic mass is 32.2. The molecular formula is C26H25N5O16S5. The first-order valence-electron chi connectivity index (χ1n) is 13.8. The van der Waals surface area contributed by atoms with Crippen LogP contribution in [0.2, 0.25) is 0 Å². The highest BCUT2D eigenvalue weighted by Crippen LogP contribution is 2.47. The molecule has 4 aromatic rings. The molecule has 21 nitrogen and oxygen atoms in total. The molecule has 4 rings (SSSR count). The van der Waals surface area contributed by atoms with Crippen LogP contribution in [-0.4, -0.2) is 62.4 Å². The third-order valence-electron chi connectivity index (χ3n) is 6.36. The summed E-state index contributed by atoms with van der Waals surface area (Å²) in [6.07, 6.45) is 0. The Morgan fingerprint density at radius 3 is 1.67 bits per heavy atom. The Bertz CT molecular complexity index is 2110. The molecule has 0 aliphatic heterocycles. The molecule has 0 saturated carbocycles. The van der Waals surface area contributed by atoms with E-state index < -0.39 is 36.9 Å². The second-order valence-electron chi connectivity index (χ2n) is 9.49. The number of nitrogens with zero attached hydrogens (tertiary/aromatic N) is 4. The molecule has 0 aliphatic carbocycles. The zero-order valence-electron chi connectivity index (χ0n) is 25.8. The molecule has 0 amide bonds. The standard InChI is InChI=1S/C26H25N5O16S5/c27-22-8-7-20-21(24(22)30-28-16-3-1-5-18(13-16)51(36,37)11-9-40-49-46-43-34)15-23(48-45-42-33)25(26(20)32)31-29-17-4-2-6-19(14-17)52(38,39)12-10-41-50-47-44-35/h1-8,13-15,32-35H,9-12,27H2/b30-28+,31-29+. The fourth-order valence-electron chi connectivity index (χ4n) is 4.09. The van der Waals surface area contributed by atoms with Gasteiger partial charge >= 0.3 is 0 Å². The number of sulfone groups is 2. The molecule has 52 heavy (non-hydrogen) atoms. The molecule has 6 N–H and O–H groups in total. The molecule has 0 aromatic heterocycles. The fraction of sp³-hybridized carbons (Fsp3) is 0.154. The van der Waals surface area contributed by atoms with Gasteiger partial charge in [0.15, 0.2) is 50.1 Å². The van der Waals surface area contributed by atoms with E-state index in [1.807, 2.05) is 0 Å². The maximum atomic E-state index is 12.7. The van der Waals surface area contributed by atoms with Crippen molar-refractivity contribution in [3.05, 3.63) is 66.7 Å². The number of nitrogen functional groups attached to an aromatic ring is 1. The molecule has 0 bridgehead atoms.